The van der Waals surface area contributed by atoms with Crippen molar-refractivity contribution in [2.45, 2.75) is 130 Å². The number of aryl methyl sites for hydroxylation is 1. The minimum Gasteiger partial charge on any atom is -1.00 e. The average molecular weight is 396 g/mol. The maximum absolute atomic E-state index is 2.34. The molecule has 0 spiro atoms. The zero-order valence-corrected chi connectivity index (χ0v) is 19.5. The van der Waals surface area contributed by atoms with E-state index in [9.17, 15) is 0 Å². The minimum atomic E-state index is 0. The van der Waals surface area contributed by atoms with Crippen LogP contribution in [-0.2, 0) is 12.0 Å². The molecular weight excluding hydrogens is 350 g/mol. The lowest BCUT2D eigenvalue weighted by atomic mass is 9.88. The third-order valence-corrected chi connectivity index (χ3v) is 5.53. The number of rotatable bonds is 15. The van der Waals surface area contributed by atoms with Gasteiger partial charge in [0.1, 0.15) is 6.54 Å². The number of aromatic nitrogens is 1. The van der Waals surface area contributed by atoms with Crippen molar-refractivity contribution in [3.63, 3.8) is 0 Å². The Bertz CT molecular complexity index is 433. The van der Waals surface area contributed by atoms with Crippen LogP contribution in [0.5, 0.6) is 0 Å². The number of hydrogen-bond acceptors (Lipinski definition) is 0. The van der Waals surface area contributed by atoms with E-state index in [1.807, 2.05) is 0 Å². The van der Waals surface area contributed by atoms with E-state index in [-0.39, 0.29) is 17.8 Å². The quantitative estimate of drug-likeness (QED) is 0.298. The van der Waals surface area contributed by atoms with E-state index >= 15 is 0 Å². The van der Waals surface area contributed by atoms with Gasteiger partial charge in [-0.15, -0.1) is 0 Å². The van der Waals surface area contributed by atoms with Gasteiger partial charge in [-0.2, -0.15) is 0 Å². The summed E-state index contributed by atoms with van der Waals surface area (Å²) in [5.41, 5.74) is 1.68. The molecule has 0 saturated carbocycles. The van der Waals surface area contributed by atoms with Gasteiger partial charge in [0.2, 0.25) is 0 Å². The van der Waals surface area contributed by atoms with Crippen molar-refractivity contribution >= 4 is 0 Å². The zero-order valence-electron chi connectivity index (χ0n) is 18.7. The molecule has 0 saturated heterocycles. The van der Waals surface area contributed by atoms with E-state index in [0.717, 1.165) is 0 Å². The molecule has 0 aliphatic rings. The van der Waals surface area contributed by atoms with Crippen molar-refractivity contribution in [1.82, 2.24) is 0 Å². The van der Waals surface area contributed by atoms with Gasteiger partial charge in [0.05, 0.1) is 0 Å². The first-order valence-electron chi connectivity index (χ1n) is 11.5. The van der Waals surface area contributed by atoms with Gasteiger partial charge < -0.3 is 12.4 Å². The third-order valence-electron chi connectivity index (χ3n) is 5.53. The van der Waals surface area contributed by atoms with Crippen molar-refractivity contribution in [3.05, 3.63) is 30.1 Å². The van der Waals surface area contributed by atoms with Crippen LogP contribution < -0.4 is 17.0 Å². The largest absolute Gasteiger partial charge is 1.00 e. The Balaban J connectivity index is 0.00000676. The Kier molecular flexibility index (Phi) is 16.1. The summed E-state index contributed by atoms with van der Waals surface area (Å²) in [6.45, 7) is 10.3. The van der Waals surface area contributed by atoms with Gasteiger partial charge in [0.15, 0.2) is 12.4 Å². The van der Waals surface area contributed by atoms with Crippen LogP contribution in [0.25, 0.3) is 0 Å². The van der Waals surface area contributed by atoms with Gasteiger partial charge >= 0.3 is 0 Å². The van der Waals surface area contributed by atoms with Crippen LogP contribution in [0.4, 0.5) is 0 Å². The molecule has 1 heterocycles. The fourth-order valence-corrected chi connectivity index (χ4v) is 3.60. The molecule has 1 aromatic rings. The topological polar surface area (TPSA) is 3.88 Å². The van der Waals surface area contributed by atoms with Crippen molar-refractivity contribution in [3.8, 4) is 0 Å². The zero-order chi connectivity index (χ0) is 19.1. The molecule has 1 rings (SSSR count). The minimum absolute atomic E-state index is 0. The van der Waals surface area contributed by atoms with Crippen molar-refractivity contribution in [2.75, 3.05) is 0 Å². The number of pyridine rings is 1. The van der Waals surface area contributed by atoms with Crippen LogP contribution in [0.3, 0.4) is 0 Å². The molecule has 0 aromatic carbocycles. The summed E-state index contributed by atoms with van der Waals surface area (Å²) in [4.78, 5) is 0. The smallest absolute Gasteiger partial charge is 0.169 e. The van der Waals surface area contributed by atoms with E-state index < -0.39 is 0 Å². The molecule has 1 aromatic heterocycles. The van der Waals surface area contributed by atoms with Crippen molar-refractivity contribution in [2.24, 2.45) is 0 Å². The lowest BCUT2D eigenvalue weighted by Crippen LogP contribution is -3.00. The van der Waals surface area contributed by atoms with E-state index in [1.54, 1.807) is 0 Å². The summed E-state index contributed by atoms with van der Waals surface area (Å²) in [6.07, 6.45) is 24.5. The van der Waals surface area contributed by atoms with Gasteiger partial charge in [-0.25, -0.2) is 4.57 Å². The lowest BCUT2D eigenvalue weighted by molar-refractivity contribution is -0.697. The van der Waals surface area contributed by atoms with Gasteiger partial charge in [0.25, 0.3) is 0 Å². The number of halogens is 1. The van der Waals surface area contributed by atoms with E-state index in [4.69, 9.17) is 0 Å². The normalized spacial score (nSPS) is 11.4. The van der Waals surface area contributed by atoms with Crippen LogP contribution in [0.15, 0.2) is 24.5 Å². The molecule has 0 fully saturated rings. The van der Waals surface area contributed by atoms with Crippen LogP contribution >= 0.6 is 0 Å². The molecule has 0 unspecified atom stereocenters. The average Bonchev–Trinajstić information content (AvgIpc) is 2.61. The van der Waals surface area contributed by atoms with E-state index in [0.29, 0.717) is 0 Å². The monoisotopic (exact) mass is 395 g/mol. The van der Waals surface area contributed by atoms with Crippen molar-refractivity contribution in [1.29, 1.82) is 0 Å². The third kappa shape index (κ3) is 14.1. The fraction of sp³-hybridized carbons (Fsp3) is 0.800. The van der Waals surface area contributed by atoms with Crippen LogP contribution in [0.1, 0.15) is 123 Å². The maximum Gasteiger partial charge on any atom is 0.169 e. The summed E-state index contributed by atoms with van der Waals surface area (Å²) >= 11 is 0. The second-order valence-corrected chi connectivity index (χ2v) is 9.17. The summed E-state index contributed by atoms with van der Waals surface area (Å²) in [7, 11) is 0. The second-order valence-electron chi connectivity index (χ2n) is 9.17. The lowest BCUT2D eigenvalue weighted by Gasteiger charge is -2.17. The molecule has 158 valence electrons. The number of nitrogens with zero attached hydrogens (tertiary/aromatic N) is 1. The second kappa shape index (κ2) is 16.4. The Labute approximate surface area is 176 Å². The molecule has 2 heteroatoms. The first-order valence-corrected chi connectivity index (χ1v) is 11.5. The number of hydrogen-bond donors (Lipinski definition) is 0. The predicted molar refractivity (Wildman–Crippen MR) is 116 cm³/mol. The maximum atomic E-state index is 2.34. The van der Waals surface area contributed by atoms with Gasteiger partial charge in [0, 0.05) is 18.6 Å². The SMILES string of the molecule is CCCCCCCCCCCCCCCC[n+]1ccc(C(C)(C)C)cc1.[Cl-]. The molecule has 0 atom stereocenters. The van der Waals surface area contributed by atoms with Gasteiger partial charge in [-0.05, 0) is 17.4 Å². The molecule has 0 bridgehead atoms. The molecule has 27 heavy (non-hydrogen) atoms. The summed E-state index contributed by atoms with van der Waals surface area (Å²) < 4.78 is 2.34. The molecule has 0 N–H and O–H groups in total. The highest BCUT2D eigenvalue weighted by molar-refractivity contribution is 5.17. The number of unbranched alkanes of at least 4 members (excludes halogenated alkanes) is 13. The molecule has 0 aliphatic carbocycles. The van der Waals surface area contributed by atoms with Crippen molar-refractivity contribution < 1.29 is 17.0 Å². The first-order chi connectivity index (χ1) is 12.5. The van der Waals surface area contributed by atoms with Gasteiger partial charge in [-0.1, -0.05) is 105 Å². The highest BCUT2D eigenvalue weighted by atomic mass is 35.5. The highest BCUT2D eigenvalue weighted by Crippen LogP contribution is 2.20. The Morgan fingerprint density at radius 3 is 1.37 bits per heavy atom. The molecule has 0 aliphatic heterocycles. The molecular formula is C25H46ClN. The summed E-state index contributed by atoms with van der Waals surface area (Å²) in [5, 5.41) is 0. The Morgan fingerprint density at radius 2 is 1.00 bits per heavy atom. The standard InChI is InChI=1S/C25H46N.ClH/c1-5-6-7-8-9-10-11-12-13-14-15-16-17-18-21-26-22-19-24(20-23-26)25(2,3)4;/h19-20,22-23H,5-18,21H2,1-4H3;1H/q+1;/p-1. The summed E-state index contributed by atoms with van der Waals surface area (Å²) in [5.74, 6) is 0. The van der Waals surface area contributed by atoms with E-state index in [1.165, 1.54) is 102 Å². The Morgan fingerprint density at radius 1 is 0.630 bits per heavy atom. The summed E-state index contributed by atoms with van der Waals surface area (Å²) in [6, 6.07) is 4.56. The molecule has 0 radical (unpaired) electrons. The van der Waals surface area contributed by atoms with Crippen LogP contribution in [-0.4, -0.2) is 0 Å². The molecule has 0 amide bonds. The van der Waals surface area contributed by atoms with Gasteiger partial charge in [-0.3, -0.25) is 0 Å². The fourth-order valence-electron chi connectivity index (χ4n) is 3.60. The van der Waals surface area contributed by atoms with Crippen LogP contribution in [0, 0.1) is 0 Å². The predicted octanol–water partition coefficient (Wildman–Crippen LogP) is 4.76. The van der Waals surface area contributed by atoms with E-state index in [2.05, 4.69) is 56.8 Å². The first kappa shape index (κ1) is 26.4. The molecule has 1 nitrogen and oxygen atoms in total. The van der Waals surface area contributed by atoms with Crippen LogP contribution in [0.2, 0.25) is 0 Å². The Hall–Kier alpha value is -0.560. The highest BCUT2D eigenvalue weighted by Gasteiger charge is 2.14.